The zero-order valence-electron chi connectivity index (χ0n) is 33.2. The number of aromatic nitrogens is 6. The van der Waals surface area contributed by atoms with Crippen molar-refractivity contribution in [1.82, 2.24) is 29.1 Å². The summed E-state index contributed by atoms with van der Waals surface area (Å²) in [6, 6.07) is 53.9. The largest absolute Gasteiger partial charge is 0.292 e. The van der Waals surface area contributed by atoms with Gasteiger partial charge >= 0.3 is 0 Å². The molecule has 0 saturated heterocycles. The molecule has 10 aromatic rings. The lowest BCUT2D eigenvalue weighted by molar-refractivity contribution is 0.597. The Morgan fingerprint density at radius 1 is 0.419 bits per heavy atom. The van der Waals surface area contributed by atoms with Crippen molar-refractivity contribution in [3.8, 4) is 56.4 Å². The van der Waals surface area contributed by atoms with Gasteiger partial charge in [0.15, 0.2) is 9.84 Å². The maximum absolute atomic E-state index is 11.8. The van der Waals surface area contributed by atoms with Crippen molar-refractivity contribution in [2.24, 2.45) is 5.14 Å². The summed E-state index contributed by atoms with van der Waals surface area (Å²) in [5.41, 5.74) is 11.4. The van der Waals surface area contributed by atoms with Gasteiger partial charge in [0.2, 0.25) is 10.0 Å². The summed E-state index contributed by atoms with van der Waals surface area (Å²) in [5, 5.41) is 5.23. The Hall–Kier alpha value is -7.58. The van der Waals surface area contributed by atoms with Gasteiger partial charge < -0.3 is 0 Å². The molecular weight excluding hydrogens is 815 g/mol. The van der Waals surface area contributed by atoms with Gasteiger partial charge in [0.25, 0.3) is 0 Å². The summed E-state index contributed by atoms with van der Waals surface area (Å²) in [4.78, 5) is 18.4. The minimum atomic E-state index is -3.76. The molecule has 0 atom stereocenters. The number of rotatable bonds is 8. The van der Waals surface area contributed by atoms with Gasteiger partial charge in [-0.3, -0.25) is 19.1 Å². The number of sulfone groups is 1. The first kappa shape index (κ1) is 39.9. The van der Waals surface area contributed by atoms with Gasteiger partial charge in [0.1, 0.15) is 17.2 Å². The van der Waals surface area contributed by atoms with Crippen LogP contribution >= 0.6 is 0 Å². The first-order valence-corrected chi connectivity index (χ1v) is 22.9. The molecule has 2 N–H and O–H groups in total. The van der Waals surface area contributed by atoms with Gasteiger partial charge in [0.05, 0.1) is 38.7 Å². The van der Waals surface area contributed by atoms with Crippen molar-refractivity contribution >= 4 is 41.9 Å². The van der Waals surface area contributed by atoms with Crippen LogP contribution in [-0.4, -0.2) is 52.2 Å². The number of hydrogen-bond donors (Lipinski definition) is 1. The minimum absolute atomic E-state index is 0.0628. The third-order valence-corrected chi connectivity index (χ3v) is 12.4. The van der Waals surface area contributed by atoms with Crippen LogP contribution in [0.4, 0.5) is 0 Å². The van der Waals surface area contributed by atoms with Crippen LogP contribution in [0, 0.1) is 0 Å². The number of sulfonamides is 1. The van der Waals surface area contributed by atoms with E-state index in [1.165, 1.54) is 18.4 Å². The predicted octanol–water partition coefficient (Wildman–Crippen LogP) is 9.56. The third-order valence-electron chi connectivity index (χ3n) is 10.4. The maximum Gasteiger partial charge on any atom is 0.238 e. The highest BCUT2D eigenvalue weighted by atomic mass is 32.2. The molecular formula is C49H37N7O4S2. The number of imidazole rings is 2. The highest BCUT2D eigenvalue weighted by molar-refractivity contribution is 7.90. The molecule has 304 valence electrons. The fourth-order valence-corrected chi connectivity index (χ4v) is 8.42. The zero-order chi connectivity index (χ0) is 42.8. The molecule has 0 aliphatic heterocycles. The molecule has 0 fully saturated rings. The first-order valence-electron chi connectivity index (χ1n) is 19.4. The fourth-order valence-electron chi connectivity index (χ4n) is 7.28. The monoisotopic (exact) mass is 851 g/mol. The number of fused-ring (bicyclic) bond motifs is 2. The molecule has 13 heteroatoms. The Labute approximate surface area is 358 Å². The Morgan fingerprint density at radius 3 is 1.34 bits per heavy atom. The van der Waals surface area contributed by atoms with Crippen molar-refractivity contribution < 1.29 is 16.8 Å². The van der Waals surface area contributed by atoms with E-state index in [0.717, 1.165) is 72.6 Å². The minimum Gasteiger partial charge on any atom is -0.292 e. The van der Waals surface area contributed by atoms with E-state index in [2.05, 4.69) is 75.2 Å². The lowest BCUT2D eigenvalue weighted by Crippen LogP contribution is -2.11. The molecule has 4 aromatic heterocycles. The molecule has 0 amide bonds. The quantitative estimate of drug-likeness (QED) is 0.159. The normalized spacial score (nSPS) is 11.6. The van der Waals surface area contributed by atoms with Gasteiger partial charge in [-0.15, -0.1) is 0 Å². The van der Waals surface area contributed by atoms with E-state index in [4.69, 9.17) is 15.1 Å². The first-order chi connectivity index (χ1) is 30.0. The molecule has 0 saturated carbocycles. The Kier molecular flexibility index (Phi) is 10.6. The van der Waals surface area contributed by atoms with E-state index < -0.39 is 19.9 Å². The maximum atomic E-state index is 11.8. The summed E-state index contributed by atoms with van der Waals surface area (Å²) in [5.74, 6) is 1.42. The molecule has 0 bridgehead atoms. The van der Waals surface area contributed by atoms with Gasteiger partial charge in [-0.25, -0.2) is 31.9 Å². The molecule has 0 aliphatic rings. The van der Waals surface area contributed by atoms with E-state index in [1.54, 1.807) is 61.2 Å². The molecule has 10 rings (SSSR count). The second-order valence-electron chi connectivity index (χ2n) is 14.5. The van der Waals surface area contributed by atoms with Crippen molar-refractivity contribution in [2.45, 2.75) is 9.79 Å². The van der Waals surface area contributed by atoms with Crippen LogP contribution in [0.2, 0.25) is 0 Å². The van der Waals surface area contributed by atoms with Crippen LogP contribution in [0.3, 0.4) is 0 Å². The van der Waals surface area contributed by atoms with E-state index in [-0.39, 0.29) is 9.79 Å². The number of benzene rings is 6. The lowest BCUT2D eigenvalue weighted by Gasteiger charge is -2.11. The van der Waals surface area contributed by atoms with Crippen LogP contribution in [0.1, 0.15) is 0 Å². The molecule has 0 aliphatic carbocycles. The summed E-state index contributed by atoms with van der Waals surface area (Å²) >= 11 is 0. The molecule has 11 nitrogen and oxygen atoms in total. The molecule has 62 heavy (non-hydrogen) atoms. The predicted molar refractivity (Wildman–Crippen MR) is 244 cm³/mol. The molecule has 0 spiro atoms. The SMILES string of the molecule is CS(=O)(=O)c1ccc(-c2nc3cnccc3n2-c2ccc(-c3ccccc3)cc2)cc1.NS(=O)(=O)c1ccc(-c2nc3ccncc3n2-c2ccc(-c3ccccc3)cc2)cc1. The highest BCUT2D eigenvalue weighted by Gasteiger charge is 2.18. The molecule has 6 aromatic carbocycles. The Morgan fingerprint density at radius 2 is 0.839 bits per heavy atom. The molecule has 0 unspecified atom stereocenters. The number of nitrogens with zero attached hydrogens (tertiary/aromatic N) is 6. The second kappa shape index (κ2) is 16.5. The summed E-state index contributed by atoms with van der Waals surface area (Å²) < 4.78 is 51.0. The van der Waals surface area contributed by atoms with E-state index in [1.807, 2.05) is 65.2 Å². The van der Waals surface area contributed by atoms with Crippen LogP contribution in [0.5, 0.6) is 0 Å². The van der Waals surface area contributed by atoms with Crippen LogP contribution in [-0.2, 0) is 19.9 Å². The standard InChI is InChI=1S/C25H19N3O2S.C24H18N4O2S/c1-31(29,30)22-13-9-20(10-14-22)25-27-23-17-26-16-15-24(23)28(25)21-11-7-19(8-12-21)18-5-3-2-4-6-18;25-31(29,30)21-12-8-19(9-13-21)24-27-22-14-15-26-16-23(22)28(24)20-10-6-18(7-11-20)17-4-2-1-3-5-17/h2-17H,1H3;1-16H,(H2,25,29,30). The van der Waals surface area contributed by atoms with E-state index >= 15 is 0 Å². The van der Waals surface area contributed by atoms with Crippen molar-refractivity contribution in [3.05, 3.63) is 195 Å². The average Bonchev–Trinajstić information content (AvgIpc) is 3.89. The van der Waals surface area contributed by atoms with Crippen LogP contribution in [0.25, 0.3) is 78.5 Å². The number of pyridine rings is 2. The van der Waals surface area contributed by atoms with Gasteiger partial charge in [0, 0.05) is 41.2 Å². The summed E-state index contributed by atoms with van der Waals surface area (Å²) in [6.45, 7) is 0. The highest BCUT2D eigenvalue weighted by Crippen LogP contribution is 2.32. The number of hydrogen-bond acceptors (Lipinski definition) is 8. The van der Waals surface area contributed by atoms with Gasteiger partial charge in [-0.05, 0) is 107 Å². The van der Waals surface area contributed by atoms with Gasteiger partial charge in [-0.2, -0.15) is 0 Å². The zero-order valence-corrected chi connectivity index (χ0v) is 34.8. The van der Waals surface area contributed by atoms with Crippen LogP contribution < -0.4 is 5.14 Å². The summed E-state index contributed by atoms with van der Waals surface area (Å²) in [7, 11) is -7.01. The topological polar surface area (TPSA) is 156 Å². The van der Waals surface area contributed by atoms with E-state index in [9.17, 15) is 16.8 Å². The number of primary sulfonamides is 1. The second-order valence-corrected chi connectivity index (χ2v) is 18.0. The van der Waals surface area contributed by atoms with Gasteiger partial charge in [-0.1, -0.05) is 84.9 Å². The summed E-state index contributed by atoms with van der Waals surface area (Å²) in [6.07, 6.45) is 8.16. The average molecular weight is 852 g/mol. The van der Waals surface area contributed by atoms with Crippen molar-refractivity contribution in [1.29, 1.82) is 0 Å². The van der Waals surface area contributed by atoms with Crippen LogP contribution in [0.15, 0.2) is 204 Å². The van der Waals surface area contributed by atoms with Crippen molar-refractivity contribution in [2.75, 3.05) is 6.26 Å². The molecule has 0 radical (unpaired) electrons. The number of nitrogens with two attached hydrogens (primary N) is 1. The van der Waals surface area contributed by atoms with Crippen molar-refractivity contribution in [3.63, 3.8) is 0 Å². The fraction of sp³-hybridized carbons (Fsp3) is 0.0204. The third kappa shape index (κ3) is 8.15. The van der Waals surface area contributed by atoms with E-state index in [0.29, 0.717) is 5.82 Å². The molecule has 4 heterocycles. The Bertz CT molecular complexity index is 3180. The Balaban J connectivity index is 0.000000158. The smallest absolute Gasteiger partial charge is 0.238 e. The lowest BCUT2D eigenvalue weighted by atomic mass is 10.1.